The van der Waals surface area contributed by atoms with Crippen molar-refractivity contribution >= 4 is 21.9 Å². The van der Waals surface area contributed by atoms with Crippen molar-refractivity contribution in [1.82, 2.24) is 15.3 Å². The van der Waals surface area contributed by atoms with Crippen molar-refractivity contribution in [3.8, 4) is 11.1 Å². The van der Waals surface area contributed by atoms with Crippen LogP contribution in [0.25, 0.3) is 11.1 Å². The molecule has 1 fully saturated rings. The maximum atomic E-state index is 4.34. The molecular formula is C13H13BrN4. The van der Waals surface area contributed by atoms with Crippen molar-refractivity contribution in [2.24, 2.45) is 0 Å². The molecule has 0 aliphatic carbocycles. The summed E-state index contributed by atoms with van der Waals surface area (Å²) in [5, 5.41) is 6.48. The summed E-state index contributed by atoms with van der Waals surface area (Å²) in [5.41, 5.74) is 2.13. The molecule has 18 heavy (non-hydrogen) atoms. The van der Waals surface area contributed by atoms with Gasteiger partial charge in [0, 0.05) is 35.5 Å². The Kier molecular flexibility index (Phi) is 3.25. The summed E-state index contributed by atoms with van der Waals surface area (Å²) in [5.74, 6) is 0.695. The van der Waals surface area contributed by atoms with Gasteiger partial charge in [0.15, 0.2) is 0 Å². The van der Waals surface area contributed by atoms with Crippen molar-refractivity contribution in [1.29, 1.82) is 0 Å². The highest BCUT2D eigenvalue weighted by atomic mass is 79.9. The summed E-state index contributed by atoms with van der Waals surface area (Å²) >= 11 is 3.46. The fourth-order valence-corrected chi connectivity index (χ4v) is 2.19. The monoisotopic (exact) mass is 304 g/mol. The number of nitrogens with zero attached hydrogens (tertiary/aromatic N) is 2. The third-order valence-electron chi connectivity index (χ3n) is 2.92. The molecule has 0 unspecified atom stereocenters. The maximum Gasteiger partial charge on any atom is 0.222 e. The van der Waals surface area contributed by atoms with Crippen LogP contribution in [-0.2, 0) is 0 Å². The highest BCUT2D eigenvalue weighted by molar-refractivity contribution is 9.10. The average molecular weight is 305 g/mol. The Morgan fingerprint density at radius 1 is 1.17 bits per heavy atom. The van der Waals surface area contributed by atoms with E-state index in [1.54, 1.807) is 0 Å². The Bertz CT molecular complexity index is 537. The first-order chi connectivity index (χ1) is 8.81. The minimum atomic E-state index is 0.460. The van der Waals surface area contributed by atoms with Gasteiger partial charge in [0.2, 0.25) is 5.95 Å². The molecule has 1 saturated heterocycles. The molecule has 3 rings (SSSR count). The van der Waals surface area contributed by atoms with Crippen LogP contribution in [0.1, 0.15) is 0 Å². The molecule has 1 aliphatic rings. The van der Waals surface area contributed by atoms with Crippen molar-refractivity contribution in [3.63, 3.8) is 0 Å². The lowest BCUT2D eigenvalue weighted by molar-refractivity contribution is 0.470. The molecule has 1 aromatic carbocycles. The van der Waals surface area contributed by atoms with Crippen molar-refractivity contribution < 1.29 is 0 Å². The number of halogens is 1. The summed E-state index contributed by atoms with van der Waals surface area (Å²) in [4.78, 5) is 8.68. The second kappa shape index (κ2) is 5.04. The van der Waals surface area contributed by atoms with E-state index in [1.165, 1.54) is 0 Å². The highest BCUT2D eigenvalue weighted by Crippen LogP contribution is 2.22. The highest BCUT2D eigenvalue weighted by Gasteiger charge is 2.16. The third-order valence-corrected chi connectivity index (χ3v) is 3.42. The van der Waals surface area contributed by atoms with Gasteiger partial charge < -0.3 is 10.6 Å². The second-order valence-corrected chi connectivity index (χ2v) is 5.22. The number of hydrogen-bond donors (Lipinski definition) is 2. The molecule has 0 amide bonds. The summed E-state index contributed by atoms with van der Waals surface area (Å²) in [6, 6.07) is 8.57. The van der Waals surface area contributed by atoms with Crippen LogP contribution in [-0.4, -0.2) is 29.1 Å². The van der Waals surface area contributed by atoms with Crippen LogP contribution in [0.4, 0.5) is 5.95 Å². The molecule has 0 saturated carbocycles. The Hall–Kier alpha value is -1.46. The second-order valence-electron chi connectivity index (χ2n) is 4.31. The van der Waals surface area contributed by atoms with Gasteiger partial charge in [0.05, 0.1) is 6.04 Å². The fourth-order valence-electron chi connectivity index (χ4n) is 1.79. The Morgan fingerprint density at radius 2 is 1.94 bits per heavy atom. The number of benzene rings is 1. The molecule has 1 aromatic heterocycles. The van der Waals surface area contributed by atoms with Crippen molar-refractivity contribution in [2.75, 3.05) is 18.4 Å². The molecular weight excluding hydrogens is 292 g/mol. The summed E-state index contributed by atoms with van der Waals surface area (Å²) in [7, 11) is 0. The van der Waals surface area contributed by atoms with Gasteiger partial charge >= 0.3 is 0 Å². The lowest BCUT2D eigenvalue weighted by Crippen LogP contribution is -2.51. The number of anilines is 1. The van der Waals surface area contributed by atoms with Gasteiger partial charge in [0.25, 0.3) is 0 Å². The summed E-state index contributed by atoms with van der Waals surface area (Å²) in [6.45, 7) is 1.97. The minimum Gasteiger partial charge on any atom is -0.349 e. The Morgan fingerprint density at radius 3 is 2.56 bits per heavy atom. The normalized spacial score (nSPS) is 15.2. The smallest absolute Gasteiger partial charge is 0.222 e. The molecule has 4 nitrogen and oxygen atoms in total. The van der Waals surface area contributed by atoms with E-state index in [0.29, 0.717) is 12.0 Å². The first-order valence-corrected chi connectivity index (χ1v) is 6.66. The van der Waals surface area contributed by atoms with Gasteiger partial charge in [-0.25, -0.2) is 9.97 Å². The lowest BCUT2D eigenvalue weighted by atomic mass is 10.1. The quantitative estimate of drug-likeness (QED) is 0.913. The van der Waals surface area contributed by atoms with Crippen LogP contribution in [0.5, 0.6) is 0 Å². The van der Waals surface area contributed by atoms with Crippen LogP contribution in [0, 0.1) is 0 Å². The average Bonchev–Trinajstić information content (AvgIpc) is 2.35. The largest absolute Gasteiger partial charge is 0.349 e. The van der Waals surface area contributed by atoms with Gasteiger partial charge in [0.1, 0.15) is 0 Å². The summed E-state index contributed by atoms with van der Waals surface area (Å²) in [6.07, 6.45) is 3.70. The van der Waals surface area contributed by atoms with Crippen molar-refractivity contribution in [2.45, 2.75) is 6.04 Å². The minimum absolute atomic E-state index is 0.460. The van der Waals surface area contributed by atoms with E-state index in [4.69, 9.17) is 0 Å². The molecule has 1 aliphatic heterocycles. The number of nitrogens with one attached hydrogen (secondary N) is 2. The number of hydrogen-bond acceptors (Lipinski definition) is 4. The predicted molar refractivity (Wildman–Crippen MR) is 75.4 cm³/mol. The van der Waals surface area contributed by atoms with Gasteiger partial charge in [-0.3, -0.25) is 0 Å². The zero-order valence-electron chi connectivity index (χ0n) is 9.73. The predicted octanol–water partition coefficient (Wildman–Crippen LogP) is 2.29. The molecule has 0 spiro atoms. The van der Waals surface area contributed by atoms with Crippen molar-refractivity contribution in [3.05, 3.63) is 41.1 Å². The van der Waals surface area contributed by atoms with Crippen LogP contribution in [0.2, 0.25) is 0 Å². The Labute approximate surface area is 114 Å². The van der Waals surface area contributed by atoms with Gasteiger partial charge in [-0.2, -0.15) is 0 Å². The van der Waals surface area contributed by atoms with E-state index in [2.05, 4.69) is 42.6 Å². The Balaban J connectivity index is 1.77. The topological polar surface area (TPSA) is 49.8 Å². The van der Waals surface area contributed by atoms with E-state index in [9.17, 15) is 0 Å². The zero-order chi connectivity index (χ0) is 12.4. The van der Waals surface area contributed by atoms with E-state index in [1.807, 2.05) is 30.6 Å². The molecule has 0 bridgehead atoms. The van der Waals surface area contributed by atoms with Crippen LogP contribution >= 0.6 is 15.9 Å². The summed E-state index contributed by atoms with van der Waals surface area (Å²) < 4.78 is 1.06. The van der Waals surface area contributed by atoms with Crippen LogP contribution in [0.3, 0.4) is 0 Å². The number of rotatable bonds is 3. The third kappa shape index (κ3) is 2.52. The zero-order valence-corrected chi connectivity index (χ0v) is 11.3. The molecule has 92 valence electrons. The van der Waals surface area contributed by atoms with E-state index < -0.39 is 0 Å². The molecule has 2 N–H and O–H groups in total. The first-order valence-electron chi connectivity index (χ1n) is 5.86. The molecule has 2 heterocycles. The van der Waals surface area contributed by atoms with E-state index in [0.717, 1.165) is 28.7 Å². The van der Waals surface area contributed by atoms with Crippen LogP contribution < -0.4 is 10.6 Å². The maximum absolute atomic E-state index is 4.34. The molecule has 0 atom stereocenters. The molecule has 5 heteroatoms. The molecule has 0 radical (unpaired) electrons. The first kappa shape index (κ1) is 11.6. The van der Waals surface area contributed by atoms with Gasteiger partial charge in [-0.15, -0.1) is 0 Å². The van der Waals surface area contributed by atoms with Crippen LogP contribution in [0.15, 0.2) is 41.1 Å². The standard InChI is InChI=1S/C13H13BrN4/c14-11-3-1-2-9(4-11)10-5-16-13(17-6-10)18-12-7-15-8-12/h1-6,12,15H,7-8H2,(H,16,17,18). The van der Waals surface area contributed by atoms with E-state index >= 15 is 0 Å². The van der Waals surface area contributed by atoms with Gasteiger partial charge in [-0.1, -0.05) is 28.1 Å². The lowest BCUT2D eigenvalue weighted by Gasteiger charge is -2.27. The molecule has 2 aromatic rings. The fraction of sp³-hybridized carbons (Fsp3) is 0.231. The SMILES string of the molecule is Brc1cccc(-c2cnc(NC3CNC3)nc2)c1. The van der Waals surface area contributed by atoms with Gasteiger partial charge in [-0.05, 0) is 17.7 Å². The van der Waals surface area contributed by atoms with E-state index in [-0.39, 0.29) is 0 Å². The number of aromatic nitrogens is 2.